The standard InChI is InChI=1S/C13H17FN2O/c1-9-8-16(10(2)7-15-9)13(17)11-5-3-4-6-12(11)14/h3-6,9-10,15H,7-8H2,1-2H3. The molecule has 0 bridgehead atoms. The Labute approximate surface area is 101 Å². The van der Waals surface area contributed by atoms with E-state index in [1.165, 1.54) is 12.1 Å². The van der Waals surface area contributed by atoms with Crippen LogP contribution < -0.4 is 5.32 Å². The highest BCUT2D eigenvalue weighted by molar-refractivity contribution is 5.94. The Bertz CT molecular complexity index is 422. The second kappa shape index (κ2) is 4.84. The molecule has 0 saturated carbocycles. The van der Waals surface area contributed by atoms with Crippen LogP contribution >= 0.6 is 0 Å². The van der Waals surface area contributed by atoms with Gasteiger partial charge in [0.1, 0.15) is 5.82 Å². The number of piperazine rings is 1. The molecule has 92 valence electrons. The first-order valence-electron chi connectivity index (χ1n) is 5.88. The molecule has 1 heterocycles. The van der Waals surface area contributed by atoms with Gasteiger partial charge < -0.3 is 10.2 Å². The molecule has 2 unspecified atom stereocenters. The molecule has 1 fully saturated rings. The van der Waals surface area contributed by atoms with Crippen molar-refractivity contribution >= 4 is 5.91 Å². The molecule has 0 aliphatic carbocycles. The monoisotopic (exact) mass is 236 g/mol. The highest BCUT2D eigenvalue weighted by Gasteiger charge is 2.28. The summed E-state index contributed by atoms with van der Waals surface area (Å²) >= 11 is 0. The average Bonchev–Trinajstić information content (AvgIpc) is 2.32. The molecule has 1 aromatic carbocycles. The molecule has 1 saturated heterocycles. The lowest BCUT2D eigenvalue weighted by Gasteiger charge is -2.37. The van der Waals surface area contributed by atoms with Crippen molar-refractivity contribution in [2.45, 2.75) is 25.9 Å². The number of carbonyl (C=O) groups is 1. The van der Waals surface area contributed by atoms with E-state index in [0.717, 1.165) is 6.54 Å². The van der Waals surface area contributed by atoms with E-state index in [4.69, 9.17) is 0 Å². The van der Waals surface area contributed by atoms with Gasteiger partial charge in [0.25, 0.3) is 5.91 Å². The molecule has 1 aromatic rings. The van der Waals surface area contributed by atoms with Crippen molar-refractivity contribution in [3.63, 3.8) is 0 Å². The first-order valence-corrected chi connectivity index (χ1v) is 5.88. The Balaban J connectivity index is 2.22. The zero-order valence-electron chi connectivity index (χ0n) is 10.1. The van der Waals surface area contributed by atoms with E-state index >= 15 is 0 Å². The van der Waals surface area contributed by atoms with Crippen LogP contribution in [0, 0.1) is 5.82 Å². The Morgan fingerprint density at radius 3 is 2.82 bits per heavy atom. The molecular formula is C13H17FN2O. The van der Waals surface area contributed by atoms with Crippen LogP contribution in [0.5, 0.6) is 0 Å². The second-order valence-corrected chi connectivity index (χ2v) is 4.60. The van der Waals surface area contributed by atoms with E-state index < -0.39 is 5.82 Å². The van der Waals surface area contributed by atoms with Crippen molar-refractivity contribution in [2.75, 3.05) is 13.1 Å². The maximum Gasteiger partial charge on any atom is 0.257 e. The van der Waals surface area contributed by atoms with Crippen molar-refractivity contribution in [3.05, 3.63) is 35.6 Å². The molecule has 1 amide bonds. The molecular weight excluding hydrogens is 219 g/mol. The van der Waals surface area contributed by atoms with Crippen molar-refractivity contribution < 1.29 is 9.18 Å². The summed E-state index contributed by atoms with van der Waals surface area (Å²) in [6, 6.07) is 6.49. The maximum atomic E-state index is 13.6. The Kier molecular flexibility index (Phi) is 3.43. The van der Waals surface area contributed by atoms with Crippen LogP contribution in [-0.2, 0) is 0 Å². The second-order valence-electron chi connectivity index (χ2n) is 4.60. The summed E-state index contributed by atoms with van der Waals surface area (Å²) in [6.45, 7) is 5.36. The zero-order valence-corrected chi connectivity index (χ0v) is 10.1. The topological polar surface area (TPSA) is 32.3 Å². The van der Waals surface area contributed by atoms with Gasteiger partial charge in [0.15, 0.2) is 0 Å². The van der Waals surface area contributed by atoms with Crippen molar-refractivity contribution in [1.29, 1.82) is 0 Å². The quantitative estimate of drug-likeness (QED) is 0.804. The molecule has 0 radical (unpaired) electrons. The Morgan fingerprint density at radius 1 is 1.41 bits per heavy atom. The van der Waals surface area contributed by atoms with Crippen LogP contribution in [0.4, 0.5) is 4.39 Å². The molecule has 17 heavy (non-hydrogen) atoms. The fraction of sp³-hybridized carbons (Fsp3) is 0.462. The van der Waals surface area contributed by atoms with Crippen molar-refractivity contribution in [2.24, 2.45) is 0 Å². The summed E-state index contributed by atoms with van der Waals surface area (Å²) in [7, 11) is 0. The van der Waals surface area contributed by atoms with E-state index in [1.807, 2.05) is 13.8 Å². The minimum atomic E-state index is -0.448. The van der Waals surface area contributed by atoms with E-state index in [2.05, 4.69) is 5.32 Å². The predicted octanol–water partition coefficient (Wildman–Crippen LogP) is 1.65. The molecule has 3 nitrogen and oxygen atoms in total. The van der Waals surface area contributed by atoms with Crippen LogP contribution in [-0.4, -0.2) is 36.0 Å². The first-order chi connectivity index (χ1) is 8.09. The molecule has 0 spiro atoms. The minimum Gasteiger partial charge on any atom is -0.333 e. The lowest BCUT2D eigenvalue weighted by molar-refractivity contribution is 0.0611. The molecule has 1 N–H and O–H groups in total. The van der Waals surface area contributed by atoms with Gasteiger partial charge in [0.2, 0.25) is 0 Å². The highest BCUT2D eigenvalue weighted by atomic mass is 19.1. The fourth-order valence-electron chi connectivity index (χ4n) is 2.09. The van der Waals surface area contributed by atoms with Gasteiger partial charge in [-0.25, -0.2) is 4.39 Å². The third-order valence-corrected chi connectivity index (χ3v) is 3.13. The normalized spacial score (nSPS) is 24.8. The van der Waals surface area contributed by atoms with Crippen LogP contribution in [0.3, 0.4) is 0 Å². The third-order valence-electron chi connectivity index (χ3n) is 3.13. The Hall–Kier alpha value is -1.42. The van der Waals surface area contributed by atoms with Gasteiger partial charge in [-0.2, -0.15) is 0 Å². The first kappa shape index (κ1) is 12.0. The summed E-state index contributed by atoms with van der Waals surface area (Å²) in [6.07, 6.45) is 0. The number of hydrogen-bond acceptors (Lipinski definition) is 2. The molecule has 4 heteroatoms. The van der Waals surface area contributed by atoms with Crippen LogP contribution in [0.1, 0.15) is 24.2 Å². The van der Waals surface area contributed by atoms with Gasteiger partial charge in [0.05, 0.1) is 5.56 Å². The summed E-state index contributed by atoms with van der Waals surface area (Å²) in [4.78, 5) is 14.0. The minimum absolute atomic E-state index is 0.0957. The number of nitrogens with zero attached hydrogens (tertiary/aromatic N) is 1. The van der Waals surface area contributed by atoms with Gasteiger partial charge in [0, 0.05) is 25.2 Å². The average molecular weight is 236 g/mol. The predicted molar refractivity (Wildman–Crippen MR) is 64.4 cm³/mol. The number of amides is 1. The summed E-state index contributed by atoms with van der Waals surface area (Å²) in [5.74, 6) is -0.667. The zero-order chi connectivity index (χ0) is 12.4. The summed E-state index contributed by atoms with van der Waals surface area (Å²) in [5, 5.41) is 3.30. The number of hydrogen-bond donors (Lipinski definition) is 1. The van der Waals surface area contributed by atoms with E-state index in [-0.39, 0.29) is 23.6 Å². The number of rotatable bonds is 1. The van der Waals surface area contributed by atoms with Crippen LogP contribution in [0.15, 0.2) is 24.3 Å². The van der Waals surface area contributed by atoms with Crippen molar-refractivity contribution in [1.82, 2.24) is 10.2 Å². The summed E-state index contributed by atoms with van der Waals surface area (Å²) < 4.78 is 13.6. The maximum absolute atomic E-state index is 13.6. The Morgan fingerprint density at radius 2 is 2.12 bits per heavy atom. The third kappa shape index (κ3) is 2.47. The summed E-state index contributed by atoms with van der Waals surface area (Å²) in [5.41, 5.74) is 0.161. The molecule has 2 atom stereocenters. The van der Waals surface area contributed by atoms with Gasteiger partial charge in [-0.15, -0.1) is 0 Å². The van der Waals surface area contributed by atoms with Crippen molar-refractivity contribution in [3.8, 4) is 0 Å². The fourth-order valence-corrected chi connectivity index (χ4v) is 2.09. The smallest absolute Gasteiger partial charge is 0.257 e. The number of benzene rings is 1. The van der Waals surface area contributed by atoms with Gasteiger partial charge in [-0.1, -0.05) is 12.1 Å². The number of halogens is 1. The SMILES string of the molecule is CC1CN(C(=O)c2ccccc2F)C(C)CN1. The highest BCUT2D eigenvalue weighted by Crippen LogP contribution is 2.14. The van der Waals surface area contributed by atoms with Gasteiger partial charge in [-0.3, -0.25) is 4.79 Å². The molecule has 1 aliphatic rings. The van der Waals surface area contributed by atoms with Crippen LogP contribution in [0.25, 0.3) is 0 Å². The molecule has 0 aromatic heterocycles. The van der Waals surface area contributed by atoms with E-state index in [0.29, 0.717) is 6.54 Å². The number of nitrogens with one attached hydrogen (secondary N) is 1. The largest absolute Gasteiger partial charge is 0.333 e. The van der Waals surface area contributed by atoms with Crippen LogP contribution in [0.2, 0.25) is 0 Å². The lowest BCUT2D eigenvalue weighted by atomic mass is 10.1. The lowest BCUT2D eigenvalue weighted by Crippen LogP contribution is -2.56. The molecule has 1 aliphatic heterocycles. The molecule has 2 rings (SSSR count). The van der Waals surface area contributed by atoms with Gasteiger partial charge >= 0.3 is 0 Å². The number of carbonyl (C=O) groups excluding carboxylic acids is 1. The van der Waals surface area contributed by atoms with Gasteiger partial charge in [-0.05, 0) is 26.0 Å². The van der Waals surface area contributed by atoms with E-state index in [9.17, 15) is 9.18 Å². The van der Waals surface area contributed by atoms with E-state index in [1.54, 1.807) is 17.0 Å².